The molecule has 12 heteroatoms. The summed E-state index contributed by atoms with van der Waals surface area (Å²) < 4.78 is 16.9. The molecular formula is C30H33ClFN9O. The summed E-state index contributed by atoms with van der Waals surface area (Å²) in [5, 5.41) is 8.30. The van der Waals surface area contributed by atoms with Gasteiger partial charge in [0, 0.05) is 53.9 Å². The Labute approximate surface area is 248 Å². The zero-order valence-corrected chi connectivity index (χ0v) is 24.8. The van der Waals surface area contributed by atoms with E-state index in [1.54, 1.807) is 11.0 Å². The second-order valence-corrected chi connectivity index (χ2v) is 11.7. The molecule has 0 spiro atoms. The number of nitrogens with two attached hydrogens (primary N) is 1. The molecule has 3 N–H and O–H groups in total. The van der Waals surface area contributed by atoms with Gasteiger partial charge in [-0.15, -0.1) is 0 Å². The molecule has 10 nitrogen and oxygen atoms in total. The van der Waals surface area contributed by atoms with Crippen molar-refractivity contribution >= 4 is 56.9 Å². The van der Waals surface area contributed by atoms with Crippen molar-refractivity contribution in [3.8, 4) is 11.1 Å². The number of hydrogen-bond acceptors (Lipinski definition) is 8. The van der Waals surface area contributed by atoms with Crippen LogP contribution >= 0.6 is 11.6 Å². The third-order valence-electron chi connectivity index (χ3n) is 8.37. The number of H-pyrrole nitrogens is 1. The summed E-state index contributed by atoms with van der Waals surface area (Å²) in [5.41, 5.74) is 9.27. The molecule has 2 aliphatic heterocycles. The normalized spacial score (nSPS) is 17.9. The van der Waals surface area contributed by atoms with E-state index in [2.05, 4.69) is 28.3 Å². The minimum Gasteiger partial charge on any atom is -0.382 e. The van der Waals surface area contributed by atoms with Crippen LogP contribution in [0, 0.1) is 12.7 Å². The molecule has 4 aromatic rings. The van der Waals surface area contributed by atoms with Crippen LogP contribution in [0.3, 0.4) is 0 Å². The molecule has 0 aliphatic carbocycles. The average molecular weight is 590 g/mol. The minimum absolute atomic E-state index is 0.145. The number of aryl methyl sites for hydroxylation is 1. The Morgan fingerprint density at radius 1 is 1.24 bits per heavy atom. The molecule has 0 saturated carbocycles. The van der Waals surface area contributed by atoms with E-state index < -0.39 is 5.82 Å². The molecule has 1 atom stereocenters. The lowest BCUT2D eigenvalue weighted by Crippen LogP contribution is -2.58. The highest BCUT2D eigenvalue weighted by Crippen LogP contribution is 2.44. The zero-order chi connectivity index (χ0) is 30.0. The first-order valence-electron chi connectivity index (χ1n) is 13.7. The molecule has 0 radical (unpaired) electrons. The number of amides is 1. The zero-order valence-electron chi connectivity index (χ0n) is 24.1. The Balaban J connectivity index is 1.56. The van der Waals surface area contributed by atoms with E-state index in [0.717, 1.165) is 5.56 Å². The van der Waals surface area contributed by atoms with Crippen LogP contribution in [0.1, 0.15) is 12.5 Å². The number of aromatic nitrogens is 4. The number of piperazine rings is 1. The predicted octanol–water partition coefficient (Wildman–Crippen LogP) is 4.34. The van der Waals surface area contributed by atoms with Gasteiger partial charge in [0.2, 0.25) is 11.9 Å². The maximum Gasteiger partial charge on any atom is 0.246 e. The van der Waals surface area contributed by atoms with Gasteiger partial charge in [-0.1, -0.05) is 30.8 Å². The van der Waals surface area contributed by atoms with Crippen LogP contribution in [0.4, 0.5) is 22.0 Å². The van der Waals surface area contributed by atoms with E-state index in [1.165, 1.54) is 6.08 Å². The lowest BCUT2D eigenvalue weighted by atomic mass is 9.94. The Morgan fingerprint density at radius 3 is 2.67 bits per heavy atom. The SMILES string of the molecule is C=CC(=O)N1CC(=C)N(c2nc(N3CC(N(C)C)C3)nc3c(F)c(-c4c(C)ccc5[nH]nc(N)c45)c(Cl)cc23)C[C@H]1C. The van der Waals surface area contributed by atoms with Crippen molar-refractivity contribution < 1.29 is 9.18 Å². The summed E-state index contributed by atoms with van der Waals surface area (Å²) in [4.78, 5) is 30.0. The first-order valence-corrected chi connectivity index (χ1v) is 14.1. The number of nitrogens with one attached hydrogen (secondary N) is 1. The van der Waals surface area contributed by atoms with E-state index in [-0.39, 0.29) is 40.4 Å². The van der Waals surface area contributed by atoms with E-state index >= 15 is 4.39 Å². The first kappa shape index (κ1) is 27.9. The number of carbonyl (C=O) groups excluding carboxylic acids is 1. The topological polar surface area (TPSA) is 111 Å². The van der Waals surface area contributed by atoms with Crippen molar-refractivity contribution in [2.45, 2.75) is 25.9 Å². The van der Waals surface area contributed by atoms with E-state index in [9.17, 15) is 4.79 Å². The van der Waals surface area contributed by atoms with Crippen molar-refractivity contribution in [2.24, 2.45) is 0 Å². The molecule has 2 saturated heterocycles. The summed E-state index contributed by atoms with van der Waals surface area (Å²) in [6.45, 7) is 13.8. The van der Waals surface area contributed by atoms with Crippen LogP contribution in [0.25, 0.3) is 32.9 Å². The van der Waals surface area contributed by atoms with Gasteiger partial charge in [-0.05, 0) is 51.7 Å². The fraction of sp³-hybridized carbons (Fsp3) is 0.333. The number of halogens is 2. The summed E-state index contributed by atoms with van der Waals surface area (Å²) in [7, 11) is 4.06. The molecule has 2 aromatic carbocycles. The van der Waals surface area contributed by atoms with Gasteiger partial charge in [0.05, 0.1) is 22.5 Å². The molecule has 218 valence electrons. The Kier molecular flexibility index (Phi) is 6.81. The maximum absolute atomic E-state index is 16.9. The standard InChI is InChI=1S/C30H33ClFN9O/c1-7-22(42)40-11-17(4)41(12-16(40)3)29-19-10-20(31)24(23-15(2)8-9-21-25(23)28(33)37-36-21)26(32)27(19)34-30(35-29)39-13-18(14-39)38(5)6/h7-10,16,18H,1,4,11-14H2,2-3,5-6H3,(H3,33,36,37)/t16-/m1/s1. The number of nitrogen functional groups attached to an aromatic ring is 1. The molecule has 2 fully saturated rings. The lowest BCUT2D eigenvalue weighted by Gasteiger charge is -2.44. The van der Waals surface area contributed by atoms with Crippen LogP contribution < -0.4 is 15.5 Å². The molecular weight excluding hydrogens is 557 g/mol. The number of aromatic amines is 1. The van der Waals surface area contributed by atoms with Crippen molar-refractivity contribution in [1.29, 1.82) is 0 Å². The van der Waals surface area contributed by atoms with Crippen molar-refractivity contribution in [3.05, 3.63) is 59.5 Å². The van der Waals surface area contributed by atoms with Gasteiger partial charge in [-0.3, -0.25) is 9.89 Å². The van der Waals surface area contributed by atoms with Crippen molar-refractivity contribution in [1.82, 2.24) is 30.0 Å². The summed E-state index contributed by atoms with van der Waals surface area (Å²) in [6.07, 6.45) is 1.30. The number of carbonyl (C=O) groups is 1. The molecule has 0 unspecified atom stereocenters. The second kappa shape index (κ2) is 10.2. The van der Waals surface area contributed by atoms with Gasteiger partial charge < -0.3 is 25.3 Å². The van der Waals surface area contributed by atoms with Gasteiger partial charge in [0.15, 0.2) is 11.6 Å². The van der Waals surface area contributed by atoms with Gasteiger partial charge in [-0.2, -0.15) is 10.1 Å². The number of rotatable bonds is 5. The quantitative estimate of drug-likeness (QED) is 0.331. The number of benzene rings is 2. The highest BCUT2D eigenvalue weighted by atomic mass is 35.5. The van der Waals surface area contributed by atoms with Crippen LogP contribution in [0.15, 0.2) is 43.1 Å². The Bertz CT molecular complexity index is 1780. The fourth-order valence-electron chi connectivity index (χ4n) is 5.83. The monoisotopic (exact) mass is 589 g/mol. The molecule has 1 amide bonds. The van der Waals surface area contributed by atoms with Gasteiger partial charge in [-0.25, -0.2) is 9.37 Å². The first-order chi connectivity index (χ1) is 20.0. The van der Waals surface area contributed by atoms with Crippen LogP contribution in [0.5, 0.6) is 0 Å². The van der Waals surface area contributed by atoms with Gasteiger partial charge in [0.25, 0.3) is 0 Å². The average Bonchev–Trinajstić information content (AvgIpc) is 3.30. The summed E-state index contributed by atoms with van der Waals surface area (Å²) >= 11 is 6.90. The predicted molar refractivity (Wildman–Crippen MR) is 166 cm³/mol. The smallest absolute Gasteiger partial charge is 0.246 e. The van der Waals surface area contributed by atoms with Gasteiger partial charge >= 0.3 is 0 Å². The Hall–Kier alpha value is -4.22. The summed E-state index contributed by atoms with van der Waals surface area (Å²) in [6, 6.07) is 5.62. The second-order valence-electron chi connectivity index (χ2n) is 11.3. The highest BCUT2D eigenvalue weighted by molar-refractivity contribution is 6.35. The molecule has 0 bridgehead atoms. The largest absolute Gasteiger partial charge is 0.382 e. The number of fused-ring (bicyclic) bond motifs is 2. The molecule has 6 rings (SSSR count). The summed E-state index contributed by atoms with van der Waals surface area (Å²) in [5.74, 6) is 0.438. The number of likely N-dealkylation sites (N-methyl/N-ethyl adjacent to an activating group) is 1. The molecule has 42 heavy (non-hydrogen) atoms. The fourth-order valence-corrected chi connectivity index (χ4v) is 6.12. The third-order valence-corrected chi connectivity index (χ3v) is 8.67. The minimum atomic E-state index is -0.567. The number of hydrogen-bond donors (Lipinski definition) is 2. The van der Waals surface area contributed by atoms with Crippen LogP contribution in [-0.4, -0.2) is 88.2 Å². The maximum atomic E-state index is 16.9. The lowest BCUT2D eigenvalue weighted by molar-refractivity contribution is -0.127. The van der Waals surface area contributed by atoms with E-state index in [0.29, 0.717) is 65.0 Å². The van der Waals surface area contributed by atoms with Gasteiger partial charge in [0.1, 0.15) is 11.3 Å². The third kappa shape index (κ3) is 4.35. The highest BCUT2D eigenvalue weighted by Gasteiger charge is 2.35. The van der Waals surface area contributed by atoms with Crippen molar-refractivity contribution in [3.63, 3.8) is 0 Å². The molecule has 2 aliphatic rings. The molecule has 4 heterocycles. The number of nitrogens with zero attached hydrogens (tertiary/aromatic N) is 7. The Morgan fingerprint density at radius 2 is 1.98 bits per heavy atom. The van der Waals surface area contributed by atoms with Crippen LogP contribution in [0.2, 0.25) is 5.02 Å². The number of anilines is 3. The van der Waals surface area contributed by atoms with E-state index in [1.807, 2.05) is 49.9 Å². The van der Waals surface area contributed by atoms with Crippen LogP contribution in [-0.2, 0) is 4.79 Å². The molecule has 2 aromatic heterocycles. The van der Waals surface area contributed by atoms with Crippen molar-refractivity contribution in [2.75, 3.05) is 55.8 Å². The van der Waals surface area contributed by atoms with E-state index in [4.69, 9.17) is 27.3 Å².